The maximum atomic E-state index is 12.3. The second-order valence-electron chi connectivity index (χ2n) is 6.74. The van der Waals surface area contributed by atoms with Crippen LogP contribution in [0.1, 0.15) is 47.3 Å². The van der Waals surface area contributed by atoms with Crippen LogP contribution >= 0.6 is 11.3 Å². The van der Waals surface area contributed by atoms with Crippen LogP contribution in [0.15, 0.2) is 29.2 Å². The average Bonchev–Trinajstić information content (AvgIpc) is 2.97. The number of benzene rings is 1. The predicted octanol–water partition coefficient (Wildman–Crippen LogP) is 4.09. The zero-order valence-corrected chi connectivity index (χ0v) is 15.9. The van der Waals surface area contributed by atoms with Gasteiger partial charge in [0, 0.05) is 10.8 Å². The third-order valence-corrected chi connectivity index (χ3v) is 7.07. The lowest BCUT2D eigenvalue weighted by Crippen LogP contribution is -2.21. The summed E-state index contributed by atoms with van der Waals surface area (Å²) in [6.45, 7) is 6.46. The molecule has 1 aromatic carbocycles. The van der Waals surface area contributed by atoms with Crippen LogP contribution in [-0.4, -0.2) is 20.0 Å². The highest BCUT2D eigenvalue weighted by Crippen LogP contribution is 2.33. The van der Waals surface area contributed by atoms with E-state index in [1.807, 2.05) is 6.92 Å². The maximum Gasteiger partial charge on any atom is 0.296 e. The van der Waals surface area contributed by atoms with Crippen LogP contribution in [0.4, 0.5) is 0 Å². The molecule has 0 N–H and O–H groups in total. The summed E-state index contributed by atoms with van der Waals surface area (Å²) in [7, 11) is -3.68. The molecule has 1 heterocycles. The van der Waals surface area contributed by atoms with Crippen LogP contribution in [0, 0.1) is 12.8 Å². The van der Waals surface area contributed by atoms with E-state index in [1.165, 1.54) is 9.88 Å². The van der Waals surface area contributed by atoms with Crippen molar-refractivity contribution in [3.8, 4) is 0 Å². The molecule has 0 saturated carbocycles. The first kappa shape index (κ1) is 17.6. The summed E-state index contributed by atoms with van der Waals surface area (Å²) < 4.78 is 29.9. The van der Waals surface area contributed by atoms with E-state index in [9.17, 15) is 8.42 Å². The van der Waals surface area contributed by atoms with Gasteiger partial charge in [-0.1, -0.05) is 31.5 Å². The number of aromatic nitrogens is 1. The molecule has 1 unspecified atom stereocenters. The van der Waals surface area contributed by atoms with Gasteiger partial charge in [-0.15, -0.1) is 11.3 Å². The molecule has 2 aromatic rings. The Morgan fingerprint density at radius 3 is 2.67 bits per heavy atom. The standard InChI is InChI=1S/C18H23NO3S2/c1-12(2)18-19-16-10-14(6-9-17(16)23-18)11-22-24(20,21)15-7-4-13(3)5-8-15/h4-5,7-8,12,14H,6,9-11H2,1-3H3. The summed E-state index contributed by atoms with van der Waals surface area (Å²) in [6, 6.07) is 6.76. The molecule has 1 atom stereocenters. The zero-order chi connectivity index (χ0) is 17.3. The lowest BCUT2D eigenvalue weighted by molar-refractivity contribution is 0.239. The normalized spacial score (nSPS) is 17.9. The Morgan fingerprint density at radius 1 is 1.29 bits per heavy atom. The van der Waals surface area contributed by atoms with Crippen LogP contribution in [0.25, 0.3) is 0 Å². The number of rotatable bonds is 5. The molecule has 0 fully saturated rings. The van der Waals surface area contributed by atoms with Gasteiger partial charge in [0.25, 0.3) is 10.1 Å². The Labute approximate surface area is 148 Å². The lowest BCUT2D eigenvalue weighted by Gasteiger charge is -2.20. The SMILES string of the molecule is Cc1ccc(S(=O)(=O)OCC2CCc3sc(C(C)C)nc3C2)cc1. The Hall–Kier alpha value is -1.24. The van der Waals surface area contributed by atoms with Gasteiger partial charge in [0.2, 0.25) is 0 Å². The maximum absolute atomic E-state index is 12.3. The fourth-order valence-electron chi connectivity index (χ4n) is 2.82. The highest BCUT2D eigenvalue weighted by Gasteiger charge is 2.25. The first-order valence-electron chi connectivity index (χ1n) is 8.29. The molecule has 0 aliphatic heterocycles. The molecule has 1 aliphatic rings. The second kappa shape index (κ2) is 6.94. The van der Waals surface area contributed by atoms with Crippen molar-refractivity contribution >= 4 is 21.5 Å². The topological polar surface area (TPSA) is 56.3 Å². The molecule has 0 bridgehead atoms. The smallest absolute Gasteiger partial charge is 0.266 e. The van der Waals surface area contributed by atoms with E-state index in [4.69, 9.17) is 9.17 Å². The third kappa shape index (κ3) is 3.87. The molecule has 6 heteroatoms. The lowest BCUT2D eigenvalue weighted by atomic mass is 9.92. The minimum atomic E-state index is -3.68. The summed E-state index contributed by atoms with van der Waals surface area (Å²) in [5, 5.41) is 1.17. The number of hydrogen-bond donors (Lipinski definition) is 0. The Balaban J connectivity index is 1.64. The van der Waals surface area contributed by atoms with Gasteiger partial charge in [0.05, 0.1) is 22.2 Å². The van der Waals surface area contributed by atoms with Gasteiger partial charge in [0.1, 0.15) is 0 Å². The minimum absolute atomic E-state index is 0.208. The molecule has 0 spiro atoms. The molecular weight excluding hydrogens is 342 g/mol. The summed E-state index contributed by atoms with van der Waals surface area (Å²) >= 11 is 1.80. The third-order valence-electron chi connectivity index (χ3n) is 4.32. The second-order valence-corrected chi connectivity index (χ2v) is 9.47. The van der Waals surface area contributed by atoms with E-state index in [0.29, 0.717) is 5.92 Å². The first-order valence-corrected chi connectivity index (χ1v) is 10.5. The Morgan fingerprint density at radius 2 is 2.00 bits per heavy atom. The summed E-state index contributed by atoms with van der Waals surface area (Å²) in [5.74, 6) is 0.650. The van der Waals surface area contributed by atoms with Crippen molar-refractivity contribution in [2.24, 2.45) is 5.92 Å². The molecule has 1 aromatic heterocycles. The molecule has 24 heavy (non-hydrogen) atoms. The van der Waals surface area contributed by atoms with Gasteiger partial charge >= 0.3 is 0 Å². The van der Waals surface area contributed by atoms with Crippen molar-refractivity contribution in [1.82, 2.24) is 4.98 Å². The predicted molar refractivity (Wildman–Crippen MR) is 96.0 cm³/mol. The first-order chi connectivity index (χ1) is 11.3. The van der Waals surface area contributed by atoms with E-state index >= 15 is 0 Å². The van der Waals surface area contributed by atoms with E-state index in [2.05, 4.69) is 13.8 Å². The molecule has 1 aliphatic carbocycles. The van der Waals surface area contributed by atoms with Crippen LogP contribution in [-0.2, 0) is 27.1 Å². The van der Waals surface area contributed by atoms with Gasteiger partial charge in [-0.25, -0.2) is 4.98 Å². The Bertz CT molecular complexity index is 807. The highest BCUT2D eigenvalue weighted by atomic mass is 32.2. The average molecular weight is 366 g/mol. The molecule has 4 nitrogen and oxygen atoms in total. The van der Waals surface area contributed by atoms with E-state index < -0.39 is 10.1 Å². The molecule has 130 valence electrons. The van der Waals surface area contributed by atoms with Gasteiger partial charge < -0.3 is 0 Å². The van der Waals surface area contributed by atoms with Gasteiger partial charge in [-0.2, -0.15) is 8.42 Å². The van der Waals surface area contributed by atoms with Gasteiger partial charge in [0.15, 0.2) is 0 Å². The van der Waals surface area contributed by atoms with Crippen LogP contribution in [0.5, 0.6) is 0 Å². The van der Waals surface area contributed by atoms with E-state index in [0.717, 1.165) is 30.5 Å². The number of hydrogen-bond acceptors (Lipinski definition) is 5. The fraction of sp³-hybridized carbons (Fsp3) is 0.500. The van der Waals surface area contributed by atoms with Crippen molar-refractivity contribution in [3.05, 3.63) is 45.4 Å². The molecule has 0 radical (unpaired) electrons. The monoisotopic (exact) mass is 365 g/mol. The van der Waals surface area contributed by atoms with Crippen molar-refractivity contribution in [2.75, 3.05) is 6.61 Å². The van der Waals surface area contributed by atoms with Crippen LogP contribution in [0.2, 0.25) is 0 Å². The quantitative estimate of drug-likeness (QED) is 0.749. The molecular formula is C18H23NO3S2. The van der Waals surface area contributed by atoms with Crippen LogP contribution in [0.3, 0.4) is 0 Å². The number of thiazole rings is 1. The Kier molecular flexibility index (Phi) is 5.08. The van der Waals surface area contributed by atoms with E-state index in [-0.39, 0.29) is 17.4 Å². The summed E-state index contributed by atoms with van der Waals surface area (Å²) in [6.07, 6.45) is 2.73. The molecule has 0 amide bonds. The summed E-state index contributed by atoms with van der Waals surface area (Å²) in [5.41, 5.74) is 2.16. The van der Waals surface area contributed by atoms with Crippen molar-refractivity contribution in [3.63, 3.8) is 0 Å². The summed E-state index contributed by atoms with van der Waals surface area (Å²) in [4.78, 5) is 6.31. The fourth-order valence-corrected chi connectivity index (χ4v) is 4.90. The van der Waals surface area contributed by atoms with E-state index in [1.54, 1.807) is 35.6 Å². The number of nitrogens with zero attached hydrogens (tertiary/aromatic N) is 1. The molecule has 0 saturated heterocycles. The highest BCUT2D eigenvalue weighted by molar-refractivity contribution is 7.86. The van der Waals surface area contributed by atoms with Crippen molar-refractivity contribution < 1.29 is 12.6 Å². The zero-order valence-electron chi connectivity index (χ0n) is 14.3. The van der Waals surface area contributed by atoms with Crippen molar-refractivity contribution in [1.29, 1.82) is 0 Å². The minimum Gasteiger partial charge on any atom is -0.266 e. The number of fused-ring (bicyclic) bond motifs is 1. The van der Waals surface area contributed by atoms with Crippen LogP contribution < -0.4 is 0 Å². The number of aryl methyl sites for hydroxylation is 2. The van der Waals surface area contributed by atoms with Gasteiger partial charge in [-0.05, 0) is 44.2 Å². The molecule has 3 rings (SSSR count). The van der Waals surface area contributed by atoms with Gasteiger partial charge in [-0.3, -0.25) is 4.18 Å². The van der Waals surface area contributed by atoms with Crippen molar-refractivity contribution in [2.45, 2.75) is 50.8 Å². The largest absolute Gasteiger partial charge is 0.296 e.